The molecule has 2 aromatic carbocycles. The number of aromatic nitrogens is 2. The minimum Gasteiger partial charge on any atom is -0.378 e. The van der Waals surface area contributed by atoms with E-state index in [1.165, 1.54) is 11.9 Å². The average Bonchev–Trinajstić information content (AvgIpc) is 2.69. The van der Waals surface area contributed by atoms with E-state index in [9.17, 15) is 4.79 Å². The van der Waals surface area contributed by atoms with Crippen LogP contribution in [0.15, 0.2) is 67.0 Å². The van der Waals surface area contributed by atoms with Crippen molar-refractivity contribution in [2.75, 3.05) is 36.2 Å². The molecule has 0 saturated carbocycles. The second-order valence-electron chi connectivity index (χ2n) is 6.35. The minimum absolute atomic E-state index is 0.263. The van der Waals surface area contributed by atoms with Crippen LogP contribution >= 0.6 is 0 Å². The molecule has 0 spiro atoms. The zero-order valence-corrected chi connectivity index (χ0v) is 15.5. The van der Waals surface area contributed by atoms with Crippen LogP contribution in [-0.4, -0.2) is 36.5 Å². The van der Waals surface area contributed by atoms with Crippen molar-refractivity contribution in [2.24, 2.45) is 0 Å². The van der Waals surface area contributed by atoms with Gasteiger partial charge < -0.3 is 15.5 Å². The molecule has 138 valence electrons. The van der Waals surface area contributed by atoms with Crippen molar-refractivity contribution in [3.05, 3.63) is 78.2 Å². The maximum atomic E-state index is 12.4. The number of nitrogens with zero attached hydrogens (tertiary/aromatic N) is 3. The fourth-order valence-corrected chi connectivity index (χ4v) is 2.60. The van der Waals surface area contributed by atoms with Crippen LogP contribution in [0.5, 0.6) is 0 Å². The van der Waals surface area contributed by atoms with Crippen LogP contribution in [0.2, 0.25) is 0 Å². The van der Waals surface area contributed by atoms with Crippen molar-refractivity contribution in [2.45, 2.75) is 6.42 Å². The topological polar surface area (TPSA) is 70.2 Å². The van der Waals surface area contributed by atoms with Gasteiger partial charge in [0.25, 0.3) is 5.91 Å². The van der Waals surface area contributed by atoms with Gasteiger partial charge >= 0.3 is 0 Å². The lowest BCUT2D eigenvalue weighted by molar-refractivity contribution is 0.102. The Hall–Kier alpha value is -3.41. The monoisotopic (exact) mass is 361 g/mol. The number of hydrogen-bond acceptors (Lipinski definition) is 5. The second-order valence-corrected chi connectivity index (χ2v) is 6.35. The molecule has 2 N–H and O–H groups in total. The predicted molar refractivity (Wildman–Crippen MR) is 109 cm³/mol. The van der Waals surface area contributed by atoms with Crippen molar-refractivity contribution in [3.8, 4) is 0 Å². The molecule has 0 saturated heterocycles. The Labute approximate surface area is 159 Å². The van der Waals surface area contributed by atoms with Gasteiger partial charge in [0.1, 0.15) is 17.8 Å². The molecule has 0 radical (unpaired) electrons. The Morgan fingerprint density at radius 3 is 2.44 bits per heavy atom. The van der Waals surface area contributed by atoms with E-state index in [2.05, 4.69) is 32.7 Å². The lowest BCUT2D eigenvalue weighted by atomic mass is 10.1. The molecule has 0 bridgehead atoms. The van der Waals surface area contributed by atoms with E-state index in [0.29, 0.717) is 11.5 Å². The lowest BCUT2D eigenvalue weighted by Gasteiger charge is -2.13. The molecule has 0 aliphatic heterocycles. The summed E-state index contributed by atoms with van der Waals surface area (Å²) in [6, 6.07) is 19.5. The molecule has 1 aromatic heterocycles. The van der Waals surface area contributed by atoms with Crippen molar-refractivity contribution >= 4 is 23.1 Å². The molecule has 1 amide bonds. The van der Waals surface area contributed by atoms with Gasteiger partial charge in [-0.1, -0.05) is 30.3 Å². The number of benzene rings is 2. The van der Waals surface area contributed by atoms with Crippen molar-refractivity contribution < 1.29 is 4.79 Å². The first kappa shape index (κ1) is 18.4. The highest BCUT2D eigenvalue weighted by atomic mass is 16.1. The SMILES string of the molecule is CN(C)c1ccc(NC(=O)c2cc(NCCc3ccccc3)ncn2)cc1. The molecular formula is C21H23N5O. The second kappa shape index (κ2) is 8.80. The summed E-state index contributed by atoms with van der Waals surface area (Å²) >= 11 is 0. The van der Waals surface area contributed by atoms with Crippen LogP contribution in [0.25, 0.3) is 0 Å². The number of hydrogen-bond donors (Lipinski definition) is 2. The number of anilines is 3. The first-order valence-corrected chi connectivity index (χ1v) is 8.80. The molecule has 0 atom stereocenters. The molecule has 0 unspecified atom stereocenters. The zero-order valence-electron chi connectivity index (χ0n) is 15.5. The third-order valence-electron chi connectivity index (χ3n) is 4.10. The van der Waals surface area contributed by atoms with E-state index in [0.717, 1.165) is 24.3 Å². The number of carbonyl (C=O) groups is 1. The van der Waals surface area contributed by atoms with E-state index in [1.54, 1.807) is 6.07 Å². The number of carbonyl (C=O) groups excluding carboxylic acids is 1. The van der Waals surface area contributed by atoms with E-state index in [1.807, 2.05) is 61.5 Å². The first-order chi connectivity index (χ1) is 13.1. The van der Waals surface area contributed by atoms with Crippen LogP contribution in [0, 0.1) is 0 Å². The normalized spacial score (nSPS) is 10.3. The Bertz CT molecular complexity index is 879. The zero-order chi connectivity index (χ0) is 19.1. The molecule has 0 fully saturated rings. The number of rotatable bonds is 7. The van der Waals surface area contributed by atoms with Crippen LogP contribution in [0.1, 0.15) is 16.1 Å². The fourth-order valence-electron chi connectivity index (χ4n) is 2.60. The quantitative estimate of drug-likeness (QED) is 0.674. The summed E-state index contributed by atoms with van der Waals surface area (Å²) in [7, 11) is 3.95. The van der Waals surface area contributed by atoms with Crippen molar-refractivity contribution in [1.82, 2.24) is 9.97 Å². The summed E-state index contributed by atoms with van der Waals surface area (Å²) in [4.78, 5) is 22.7. The average molecular weight is 361 g/mol. The van der Waals surface area contributed by atoms with Crippen LogP contribution in [0.4, 0.5) is 17.2 Å². The summed E-state index contributed by atoms with van der Waals surface area (Å²) < 4.78 is 0. The largest absolute Gasteiger partial charge is 0.378 e. The van der Waals surface area contributed by atoms with Gasteiger partial charge in [0.2, 0.25) is 0 Å². The summed E-state index contributed by atoms with van der Waals surface area (Å²) in [5, 5.41) is 6.09. The molecule has 0 aliphatic rings. The van der Waals surface area contributed by atoms with E-state index >= 15 is 0 Å². The van der Waals surface area contributed by atoms with Gasteiger partial charge in [0.15, 0.2) is 0 Å². The van der Waals surface area contributed by atoms with Gasteiger partial charge in [0.05, 0.1) is 0 Å². The first-order valence-electron chi connectivity index (χ1n) is 8.80. The Balaban J connectivity index is 1.58. The van der Waals surface area contributed by atoms with Crippen molar-refractivity contribution in [3.63, 3.8) is 0 Å². The Morgan fingerprint density at radius 1 is 1.00 bits per heavy atom. The van der Waals surface area contributed by atoms with Crippen LogP contribution in [0.3, 0.4) is 0 Å². The molecule has 0 aliphatic carbocycles. The summed E-state index contributed by atoms with van der Waals surface area (Å²) in [6.45, 7) is 0.730. The van der Waals surface area contributed by atoms with Gasteiger partial charge in [-0.05, 0) is 36.2 Å². The van der Waals surface area contributed by atoms with Crippen LogP contribution < -0.4 is 15.5 Å². The maximum absolute atomic E-state index is 12.4. The van der Waals surface area contributed by atoms with E-state index in [4.69, 9.17) is 0 Å². The minimum atomic E-state index is -0.263. The van der Waals surface area contributed by atoms with Gasteiger partial charge in [-0.15, -0.1) is 0 Å². The number of nitrogens with one attached hydrogen (secondary N) is 2. The van der Waals surface area contributed by atoms with Gasteiger partial charge in [0, 0.05) is 38.1 Å². The molecule has 6 heteroatoms. The van der Waals surface area contributed by atoms with Gasteiger partial charge in [-0.2, -0.15) is 0 Å². The third kappa shape index (κ3) is 5.28. The summed E-state index contributed by atoms with van der Waals surface area (Å²) in [5.74, 6) is 0.371. The Kier molecular flexibility index (Phi) is 5.99. The maximum Gasteiger partial charge on any atom is 0.274 e. The number of amides is 1. The van der Waals surface area contributed by atoms with Crippen molar-refractivity contribution in [1.29, 1.82) is 0 Å². The molecule has 27 heavy (non-hydrogen) atoms. The summed E-state index contributed by atoms with van der Waals surface area (Å²) in [6.07, 6.45) is 2.28. The van der Waals surface area contributed by atoms with Gasteiger partial charge in [-0.25, -0.2) is 9.97 Å². The Morgan fingerprint density at radius 2 is 1.74 bits per heavy atom. The van der Waals surface area contributed by atoms with E-state index < -0.39 is 0 Å². The highest BCUT2D eigenvalue weighted by Crippen LogP contribution is 2.16. The molecule has 3 aromatic rings. The standard InChI is InChI=1S/C21H23N5O/c1-26(2)18-10-8-17(9-11-18)25-21(27)19-14-20(24-15-23-19)22-13-12-16-6-4-3-5-7-16/h3-11,14-15H,12-13H2,1-2H3,(H,25,27)(H,22,23,24). The molecule has 3 rings (SSSR count). The molecule has 6 nitrogen and oxygen atoms in total. The third-order valence-corrected chi connectivity index (χ3v) is 4.10. The highest BCUT2D eigenvalue weighted by Gasteiger charge is 2.09. The van der Waals surface area contributed by atoms with Gasteiger partial charge in [-0.3, -0.25) is 4.79 Å². The van der Waals surface area contributed by atoms with Crippen LogP contribution in [-0.2, 0) is 6.42 Å². The highest BCUT2D eigenvalue weighted by molar-refractivity contribution is 6.03. The molecule has 1 heterocycles. The predicted octanol–water partition coefficient (Wildman–Crippen LogP) is 3.45. The fraction of sp³-hybridized carbons (Fsp3) is 0.190. The van der Waals surface area contributed by atoms with E-state index in [-0.39, 0.29) is 5.91 Å². The summed E-state index contributed by atoms with van der Waals surface area (Å²) in [5.41, 5.74) is 3.37. The lowest BCUT2D eigenvalue weighted by Crippen LogP contribution is -2.15. The smallest absolute Gasteiger partial charge is 0.274 e. The molecular weight excluding hydrogens is 338 g/mol.